The molecule has 9 nitrogen and oxygen atoms in total. The molecule has 1 aliphatic heterocycles. The van der Waals surface area contributed by atoms with Crippen molar-refractivity contribution >= 4 is 33.2 Å². The van der Waals surface area contributed by atoms with Crippen molar-refractivity contribution in [2.75, 3.05) is 42.6 Å². The van der Waals surface area contributed by atoms with Crippen LogP contribution in [0.15, 0.2) is 42.5 Å². The molecule has 0 radical (unpaired) electrons. The van der Waals surface area contributed by atoms with E-state index in [0.717, 1.165) is 24.7 Å². The molecule has 0 spiro atoms. The van der Waals surface area contributed by atoms with Crippen LogP contribution in [0.2, 0.25) is 0 Å². The molecule has 1 heterocycles. The number of rotatable bonds is 12. The summed E-state index contributed by atoms with van der Waals surface area (Å²) in [6.45, 7) is 7.95. The van der Waals surface area contributed by atoms with E-state index in [1.807, 2.05) is 24.1 Å². The number of carbonyl (C=O) groups is 2. The third-order valence-corrected chi connectivity index (χ3v) is 7.01. The number of hydrogen-bond acceptors (Lipinski definition) is 6. The SMILES string of the molecule is Cc1ccc(NS(C)(=O)=O)cc1N(CC(=O)NCCCC(C)C)CC(=O)N(C)N1Cc2ccccc2C1. The first-order valence-electron chi connectivity index (χ1n) is 12.6. The summed E-state index contributed by atoms with van der Waals surface area (Å²) in [5, 5.41) is 6.54. The van der Waals surface area contributed by atoms with Crippen molar-refractivity contribution in [3.63, 3.8) is 0 Å². The van der Waals surface area contributed by atoms with Crippen molar-refractivity contribution in [3.8, 4) is 0 Å². The lowest BCUT2D eigenvalue weighted by atomic mass is 10.1. The van der Waals surface area contributed by atoms with Gasteiger partial charge in [0.25, 0.3) is 5.91 Å². The lowest BCUT2D eigenvalue weighted by molar-refractivity contribution is -0.145. The normalized spacial score (nSPS) is 13.4. The number of hydrogen-bond donors (Lipinski definition) is 2. The van der Waals surface area contributed by atoms with E-state index < -0.39 is 10.0 Å². The van der Waals surface area contributed by atoms with Crippen LogP contribution in [-0.4, -0.2) is 63.2 Å². The topological polar surface area (TPSA) is 102 Å². The van der Waals surface area contributed by atoms with E-state index in [1.54, 1.807) is 35.2 Å². The maximum absolute atomic E-state index is 13.4. The Morgan fingerprint density at radius 2 is 1.70 bits per heavy atom. The average molecular weight is 530 g/mol. The molecule has 1 aliphatic rings. The molecule has 0 aliphatic carbocycles. The van der Waals surface area contributed by atoms with Crippen LogP contribution in [-0.2, 0) is 32.7 Å². The molecule has 0 unspecified atom stereocenters. The van der Waals surface area contributed by atoms with Gasteiger partial charge >= 0.3 is 0 Å². The molecule has 10 heteroatoms. The standard InChI is InChI=1S/C27H39N5O4S/c1-20(2)9-8-14-28-26(33)18-31(25-15-24(13-12-21(25)3)29-37(5,35)36)19-27(34)30(4)32-16-22-10-6-7-11-23(22)17-32/h6-7,10-13,15,20,29H,8-9,14,16-19H2,1-5H3,(H,28,33). The third kappa shape index (κ3) is 8.46. The van der Waals surface area contributed by atoms with Crippen molar-refractivity contribution in [3.05, 3.63) is 59.2 Å². The highest BCUT2D eigenvalue weighted by Crippen LogP contribution is 2.26. The van der Waals surface area contributed by atoms with Gasteiger partial charge in [-0.05, 0) is 54.5 Å². The number of amides is 2. The molecule has 0 saturated carbocycles. The molecule has 0 atom stereocenters. The number of aryl methyl sites for hydroxylation is 1. The maximum atomic E-state index is 13.4. The predicted octanol–water partition coefficient (Wildman–Crippen LogP) is 3.11. The van der Waals surface area contributed by atoms with Crippen molar-refractivity contribution in [2.24, 2.45) is 5.92 Å². The van der Waals surface area contributed by atoms with Crippen molar-refractivity contribution in [2.45, 2.75) is 46.7 Å². The molecule has 2 aromatic rings. The summed E-state index contributed by atoms with van der Waals surface area (Å²) >= 11 is 0. The summed E-state index contributed by atoms with van der Waals surface area (Å²) in [4.78, 5) is 28.0. The Labute approximate surface area is 220 Å². The summed E-state index contributed by atoms with van der Waals surface area (Å²) in [7, 11) is -1.74. The summed E-state index contributed by atoms with van der Waals surface area (Å²) in [6, 6.07) is 13.2. The molecule has 2 aromatic carbocycles. The highest BCUT2D eigenvalue weighted by atomic mass is 32.2. The fraction of sp³-hybridized carbons (Fsp3) is 0.481. The summed E-state index contributed by atoms with van der Waals surface area (Å²) < 4.78 is 26.1. The minimum Gasteiger partial charge on any atom is -0.355 e. The number of hydrazine groups is 1. The average Bonchev–Trinajstić information content (AvgIpc) is 3.25. The summed E-state index contributed by atoms with van der Waals surface area (Å²) in [6.07, 6.45) is 2.98. The Balaban J connectivity index is 1.77. The zero-order chi connectivity index (χ0) is 27.2. The van der Waals surface area contributed by atoms with Crippen LogP contribution >= 0.6 is 0 Å². The van der Waals surface area contributed by atoms with Gasteiger partial charge in [0.15, 0.2) is 0 Å². The van der Waals surface area contributed by atoms with E-state index in [4.69, 9.17) is 0 Å². The molecular weight excluding hydrogens is 490 g/mol. The second kappa shape index (κ2) is 12.4. The van der Waals surface area contributed by atoms with Crippen LogP contribution in [0.5, 0.6) is 0 Å². The number of likely N-dealkylation sites (N-methyl/N-ethyl adjacent to an activating group) is 1. The first kappa shape index (κ1) is 28.5. The van der Waals surface area contributed by atoms with E-state index >= 15 is 0 Å². The highest BCUT2D eigenvalue weighted by molar-refractivity contribution is 7.92. The van der Waals surface area contributed by atoms with Gasteiger partial charge in [-0.3, -0.25) is 19.3 Å². The van der Waals surface area contributed by atoms with Crippen LogP contribution in [0.4, 0.5) is 11.4 Å². The van der Waals surface area contributed by atoms with Crippen LogP contribution in [0.1, 0.15) is 43.4 Å². The number of sulfonamides is 1. The number of nitrogens with zero attached hydrogens (tertiary/aromatic N) is 3. The van der Waals surface area contributed by atoms with E-state index in [1.165, 1.54) is 11.1 Å². The van der Waals surface area contributed by atoms with Gasteiger partial charge in [0.05, 0.1) is 25.0 Å². The zero-order valence-electron chi connectivity index (χ0n) is 22.5. The number of fused-ring (bicyclic) bond motifs is 1. The van der Waals surface area contributed by atoms with E-state index in [2.05, 4.69) is 36.0 Å². The third-order valence-electron chi connectivity index (χ3n) is 6.40. The van der Waals surface area contributed by atoms with Gasteiger partial charge in [-0.2, -0.15) is 0 Å². The monoisotopic (exact) mass is 529 g/mol. The Morgan fingerprint density at radius 1 is 1.05 bits per heavy atom. The van der Waals surface area contributed by atoms with Crippen molar-refractivity contribution in [1.29, 1.82) is 0 Å². The minimum atomic E-state index is -3.48. The molecule has 37 heavy (non-hydrogen) atoms. The first-order valence-corrected chi connectivity index (χ1v) is 14.5. The van der Waals surface area contributed by atoms with Crippen LogP contribution in [0, 0.1) is 12.8 Å². The molecule has 0 fully saturated rings. The Kier molecular flexibility index (Phi) is 9.56. The lowest BCUT2D eigenvalue weighted by Crippen LogP contribution is -2.48. The Morgan fingerprint density at radius 3 is 2.30 bits per heavy atom. The van der Waals surface area contributed by atoms with Crippen molar-refractivity contribution in [1.82, 2.24) is 15.3 Å². The van der Waals surface area contributed by atoms with Crippen LogP contribution in [0.3, 0.4) is 0 Å². The van der Waals surface area contributed by atoms with Gasteiger partial charge in [0.2, 0.25) is 15.9 Å². The van der Waals surface area contributed by atoms with Crippen LogP contribution in [0.25, 0.3) is 0 Å². The second-order valence-electron chi connectivity index (χ2n) is 10.1. The smallest absolute Gasteiger partial charge is 0.256 e. The van der Waals surface area contributed by atoms with Gasteiger partial charge in [0.1, 0.15) is 0 Å². The predicted molar refractivity (Wildman–Crippen MR) is 147 cm³/mol. The highest BCUT2D eigenvalue weighted by Gasteiger charge is 2.27. The van der Waals surface area contributed by atoms with Gasteiger partial charge in [-0.15, -0.1) is 0 Å². The molecule has 0 bridgehead atoms. The molecular formula is C27H39N5O4S. The largest absolute Gasteiger partial charge is 0.355 e. The van der Waals surface area contributed by atoms with E-state index in [0.29, 0.717) is 36.9 Å². The number of benzene rings is 2. The molecule has 0 aromatic heterocycles. The van der Waals surface area contributed by atoms with Gasteiger partial charge in [0, 0.05) is 32.4 Å². The van der Waals surface area contributed by atoms with Crippen molar-refractivity contribution < 1.29 is 18.0 Å². The number of anilines is 2. The molecule has 0 saturated heterocycles. The minimum absolute atomic E-state index is 0.0232. The maximum Gasteiger partial charge on any atom is 0.256 e. The second-order valence-corrected chi connectivity index (χ2v) is 11.9. The fourth-order valence-electron chi connectivity index (χ4n) is 4.37. The number of nitrogens with one attached hydrogen (secondary N) is 2. The van der Waals surface area contributed by atoms with Crippen LogP contribution < -0.4 is 14.9 Å². The van der Waals surface area contributed by atoms with Gasteiger partial charge in [-0.25, -0.2) is 13.4 Å². The molecule has 202 valence electrons. The Hall–Kier alpha value is -3.11. The zero-order valence-corrected chi connectivity index (χ0v) is 23.3. The summed E-state index contributed by atoms with van der Waals surface area (Å²) in [5.41, 5.74) is 4.21. The van der Waals surface area contributed by atoms with Gasteiger partial charge in [-0.1, -0.05) is 44.2 Å². The quantitative estimate of drug-likeness (QED) is 0.410. The summed E-state index contributed by atoms with van der Waals surface area (Å²) in [5.74, 6) is 0.209. The van der Waals surface area contributed by atoms with Gasteiger partial charge < -0.3 is 10.2 Å². The fourth-order valence-corrected chi connectivity index (χ4v) is 4.93. The molecule has 2 amide bonds. The molecule has 3 rings (SSSR count). The lowest BCUT2D eigenvalue weighted by Gasteiger charge is -2.32. The van der Waals surface area contributed by atoms with E-state index in [9.17, 15) is 18.0 Å². The Bertz CT molecular complexity index is 1190. The first-order chi connectivity index (χ1) is 17.4. The molecule has 2 N–H and O–H groups in total. The van der Waals surface area contributed by atoms with E-state index in [-0.39, 0.29) is 24.9 Å². The number of carbonyl (C=O) groups excluding carboxylic acids is 2.